The Labute approximate surface area is 85.1 Å². The summed E-state index contributed by atoms with van der Waals surface area (Å²) in [4.78, 5) is 0. The van der Waals surface area contributed by atoms with E-state index in [1.54, 1.807) is 0 Å². The summed E-state index contributed by atoms with van der Waals surface area (Å²) in [5.74, 6) is 5.79. The maximum Gasteiger partial charge on any atom is 0.0891 e. The number of hydrogen-bond donors (Lipinski definition) is 2. The minimum atomic E-state index is -0.0718. The van der Waals surface area contributed by atoms with E-state index in [2.05, 4.69) is 24.2 Å². The van der Waals surface area contributed by atoms with E-state index in [0.717, 1.165) is 12.8 Å². The molecule has 14 heavy (non-hydrogen) atoms. The van der Waals surface area contributed by atoms with Crippen molar-refractivity contribution in [2.75, 3.05) is 0 Å². The number of rotatable bonds is 1. The second-order valence-electron chi connectivity index (χ2n) is 5.36. The second kappa shape index (κ2) is 2.92. The standard InChI is InChI=1S/C10H20N4/c1-9-4-3-7(5-8(11)6-9)10(9,2)13-14-12/h7-8H,3-6,11H2,1-2H3,(H2,12,13). The van der Waals surface area contributed by atoms with Gasteiger partial charge in [0.1, 0.15) is 0 Å². The van der Waals surface area contributed by atoms with Crippen LogP contribution in [0, 0.1) is 11.3 Å². The third kappa shape index (κ3) is 1.10. The first-order chi connectivity index (χ1) is 6.52. The minimum Gasteiger partial charge on any atom is -0.328 e. The summed E-state index contributed by atoms with van der Waals surface area (Å²) >= 11 is 0. The molecule has 0 aromatic rings. The van der Waals surface area contributed by atoms with Crippen LogP contribution in [0.2, 0.25) is 0 Å². The Balaban J connectivity index is 2.35. The Morgan fingerprint density at radius 2 is 2.07 bits per heavy atom. The van der Waals surface area contributed by atoms with Crippen LogP contribution in [0.15, 0.2) is 10.3 Å². The third-order valence-electron chi connectivity index (χ3n) is 4.63. The molecule has 4 nitrogen and oxygen atoms in total. The largest absolute Gasteiger partial charge is 0.328 e. The van der Waals surface area contributed by atoms with E-state index in [9.17, 15) is 0 Å². The zero-order chi connectivity index (χ0) is 10.4. The third-order valence-corrected chi connectivity index (χ3v) is 4.63. The SMILES string of the molecule is CC12CCC(CC(N)C1)C2(C)N=NN. The first-order valence-electron chi connectivity index (χ1n) is 5.39. The first-order valence-corrected chi connectivity index (χ1v) is 5.39. The van der Waals surface area contributed by atoms with Crippen molar-refractivity contribution in [2.45, 2.75) is 51.1 Å². The van der Waals surface area contributed by atoms with E-state index in [0.29, 0.717) is 12.0 Å². The quantitative estimate of drug-likeness (QED) is 0.380. The van der Waals surface area contributed by atoms with Gasteiger partial charge in [0.05, 0.1) is 5.54 Å². The summed E-state index contributed by atoms with van der Waals surface area (Å²) in [5.41, 5.74) is 6.19. The molecular weight excluding hydrogens is 176 g/mol. The molecule has 2 aliphatic carbocycles. The molecule has 2 rings (SSSR count). The van der Waals surface area contributed by atoms with Crippen molar-refractivity contribution in [3.8, 4) is 0 Å². The van der Waals surface area contributed by atoms with Crippen molar-refractivity contribution < 1.29 is 0 Å². The summed E-state index contributed by atoms with van der Waals surface area (Å²) in [6, 6.07) is 0.341. The molecule has 0 amide bonds. The van der Waals surface area contributed by atoms with Crippen molar-refractivity contribution >= 4 is 0 Å². The van der Waals surface area contributed by atoms with E-state index in [4.69, 9.17) is 11.6 Å². The molecule has 2 saturated carbocycles. The van der Waals surface area contributed by atoms with Crippen molar-refractivity contribution in [1.82, 2.24) is 0 Å². The highest BCUT2D eigenvalue weighted by Gasteiger charge is 2.58. The van der Waals surface area contributed by atoms with Gasteiger partial charge >= 0.3 is 0 Å². The fraction of sp³-hybridized carbons (Fsp3) is 1.00. The maximum absolute atomic E-state index is 6.05. The molecule has 4 N–H and O–H groups in total. The Hall–Kier alpha value is -0.640. The van der Waals surface area contributed by atoms with Gasteiger partial charge in [-0.3, -0.25) is 0 Å². The van der Waals surface area contributed by atoms with Gasteiger partial charge in [-0.2, -0.15) is 5.11 Å². The lowest BCUT2D eigenvalue weighted by atomic mass is 9.63. The topological polar surface area (TPSA) is 76.8 Å². The fourth-order valence-electron chi connectivity index (χ4n) is 3.53. The molecular formula is C10H20N4. The predicted molar refractivity (Wildman–Crippen MR) is 55.5 cm³/mol. The van der Waals surface area contributed by atoms with Crippen molar-refractivity contribution in [3.05, 3.63) is 0 Å². The number of fused-ring (bicyclic) bond motifs is 2. The normalized spacial score (nSPS) is 52.8. The molecule has 0 aromatic carbocycles. The molecule has 0 heterocycles. The Bertz CT molecular complexity index is 265. The second-order valence-corrected chi connectivity index (χ2v) is 5.36. The molecule has 0 aromatic heterocycles. The Morgan fingerprint density at radius 3 is 2.64 bits per heavy atom. The van der Waals surface area contributed by atoms with Crippen LogP contribution in [0.5, 0.6) is 0 Å². The number of nitrogens with two attached hydrogens (primary N) is 2. The zero-order valence-corrected chi connectivity index (χ0v) is 9.03. The number of nitrogens with zero attached hydrogens (tertiary/aromatic N) is 2. The highest BCUT2D eigenvalue weighted by Crippen LogP contribution is 2.59. The average Bonchev–Trinajstić information content (AvgIpc) is 2.28. The van der Waals surface area contributed by atoms with Gasteiger partial charge in [-0.1, -0.05) is 12.1 Å². The molecule has 0 aliphatic heterocycles. The summed E-state index contributed by atoms with van der Waals surface area (Å²) in [6.07, 6.45) is 4.56. The van der Waals surface area contributed by atoms with Crippen LogP contribution >= 0.6 is 0 Å². The van der Waals surface area contributed by atoms with Gasteiger partial charge in [-0.05, 0) is 43.9 Å². The van der Waals surface area contributed by atoms with Gasteiger partial charge in [0.15, 0.2) is 0 Å². The molecule has 4 heteroatoms. The minimum absolute atomic E-state index is 0.0718. The van der Waals surface area contributed by atoms with Crippen molar-refractivity contribution in [1.29, 1.82) is 0 Å². The monoisotopic (exact) mass is 196 g/mol. The molecule has 0 saturated heterocycles. The fourth-order valence-corrected chi connectivity index (χ4v) is 3.53. The van der Waals surface area contributed by atoms with Crippen LogP contribution in [-0.2, 0) is 0 Å². The van der Waals surface area contributed by atoms with E-state index in [1.807, 2.05) is 0 Å². The molecule has 0 radical (unpaired) electrons. The first kappa shape index (κ1) is 9.90. The lowest BCUT2D eigenvalue weighted by Crippen LogP contribution is -2.51. The number of hydrogen-bond acceptors (Lipinski definition) is 3. The van der Waals surface area contributed by atoms with E-state index in [-0.39, 0.29) is 11.0 Å². The summed E-state index contributed by atoms with van der Waals surface area (Å²) in [5, 5.41) is 7.82. The van der Waals surface area contributed by atoms with Crippen molar-refractivity contribution in [3.63, 3.8) is 0 Å². The molecule has 2 aliphatic rings. The van der Waals surface area contributed by atoms with Crippen molar-refractivity contribution in [2.24, 2.45) is 33.2 Å². The van der Waals surface area contributed by atoms with Crippen LogP contribution < -0.4 is 11.6 Å². The van der Waals surface area contributed by atoms with Crippen LogP contribution in [0.3, 0.4) is 0 Å². The van der Waals surface area contributed by atoms with Crippen LogP contribution in [-0.4, -0.2) is 11.6 Å². The van der Waals surface area contributed by atoms with Gasteiger partial charge in [0, 0.05) is 6.04 Å². The van der Waals surface area contributed by atoms with Gasteiger partial charge in [0.25, 0.3) is 0 Å². The lowest BCUT2D eigenvalue weighted by molar-refractivity contribution is 0.0863. The van der Waals surface area contributed by atoms with Gasteiger partial charge in [0.2, 0.25) is 0 Å². The van der Waals surface area contributed by atoms with Gasteiger partial charge < -0.3 is 11.6 Å². The molecule has 2 bridgehead atoms. The highest BCUT2D eigenvalue weighted by molar-refractivity contribution is 5.13. The highest BCUT2D eigenvalue weighted by atomic mass is 15.3. The maximum atomic E-state index is 6.05. The zero-order valence-electron chi connectivity index (χ0n) is 9.03. The van der Waals surface area contributed by atoms with Crippen LogP contribution in [0.25, 0.3) is 0 Å². The molecule has 4 unspecified atom stereocenters. The summed E-state index contributed by atoms with van der Waals surface area (Å²) in [7, 11) is 0. The van der Waals surface area contributed by atoms with E-state index < -0.39 is 0 Å². The van der Waals surface area contributed by atoms with E-state index in [1.165, 1.54) is 12.8 Å². The van der Waals surface area contributed by atoms with Gasteiger partial charge in [-0.25, -0.2) is 0 Å². The van der Waals surface area contributed by atoms with Crippen LogP contribution in [0.1, 0.15) is 39.5 Å². The molecule has 0 spiro atoms. The molecule has 80 valence electrons. The Kier molecular flexibility index (Phi) is 2.07. The van der Waals surface area contributed by atoms with Crippen LogP contribution in [0.4, 0.5) is 0 Å². The lowest BCUT2D eigenvalue weighted by Gasteiger charge is -2.46. The Morgan fingerprint density at radius 1 is 1.36 bits per heavy atom. The van der Waals surface area contributed by atoms with E-state index >= 15 is 0 Å². The predicted octanol–water partition coefficient (Wildman–Crippen LogP) is 1.61. The smallest absolute Gasteiger partial charge is 0.0891 e. The van der Waals surface area contributed by atoms with Gasteiger partial charge in [-0.15, -0.1) is 0 Å². The average molecular weight is 196 g/mol. The molecule has 4 atom stereocenters. The summed E-state index contributed by atoms with van der Waals surface area (Å²) < 4.78 is 0. The summed E-state index contributed by atoms with van der Waals surface area (Å²) in [6.45, 7) is 4.47. The molecule has 2 fully saturated rings.